The van der Waals surface area contributed by atoms with Gasteiger partial charge >= 0.3 is 0 Å². The maximum absolute atomic E-state index is 11.3. The SMILES string of the molecule is NC(=O)/C=c1/c2ccccc2n2nc3ccccc3c12. The summed E-state index contributed by atoms with van der Waals surface area (Å²) in [6.45, 7) is 0. The highest BCUT2D eigenvalue weighted by Gasteiger charge is 2.12. The summed E-state index contributed by atoms with van der Waals surface area (Å²) in [5.41, 5.74) is 8.17. The average Bonchev–Trinajstić information content (AvgIpc) is 2.96. The van der Waals surface area contributed by atoms with E-state index >= 15 is 0 Å². The maximum atomic E-state index is 11.3. The minimum absolute atomic E-state index is 0.450. The molecule has 0 saturated carbocycles. The second-order valence-corrected chi connectivity index (χ2v) is 4.76. The van der Waals surface area contributed by atoms with Crippen molar-refractivity contribution in [2.75, 3.05) is 0 Å². The van der Waals surface area contributed by atoms with Gasteiger partial charge < -0.3 is 5.73 Å². The molecular formula is C16H11N3O. The van der Waals surface area contributed by atoms with Crippen LogP contribution in [-0.2, 0) is 4.79 Å². The van der Waals surface area contributed by atoms with Gasteiger partial charge in [0.25, 0.3) is 0 Å². The molecule has 2 N–H and O–H groups in total. The van der Waals surface area contributed by atoms with Crippen molar-refractivity contribution in [3.63, 3.8) is 0 Å². The van der Waals surface area contributed by atoms with Crippen molar-refractivity contribution in [1.82, 2.24) is 9.61 Å². The van der Waals surface area contributed by atoms with Gasteiger partial charge in [0.2, 0.25) is 5.91 Å². The molecule has 0 aliphatic heterocycles. The van der Waals surface area contributed by atoms with E-state index in [0.717, 1.165) is 32.5 Å². The molecule has 0 aliphatic carbocycles. The normalized spacial score (nSPS) is 12.7. The van der Waals surface area contributed by atoms with E-state index in [4.69, 9.17) is 5.73 Å². The lowest BCUT2D eigenvalue weighted by Crippen LogP contribution is -2.12. The van der Waals surface area contributed by atoms with Gasteiger partial charge in [0, 0.05) is 22.1 Å². The van der Waals surface area contributed by atoms with E-state index in [-0.39, 0.29) is 0 Å². The summed E-state index contributed by atoms with van der Waals surface area (Å²) in [7, 11) is 0. The van der Waals surface area contributed by atoms with Crippen molar-refractivity contribution < 1.29 is 4.79 Å². The van der Waals surface area contributed by atoms with Crippen LogP contribution in [0.5, 0.6) is 0 Å². The Hall–Kier alpha value is -2.88. The number of nitrogens with two attached hydrogens (primary N) is 1. The third-order valence-electron chi connectivity index (χ3n) is 3.54. The van der Waals surface area contributed by atoms with Crippen molar-refractivity contribution >= 4 is 39.3 Å². The molecule has 4 rings (SSSR count). The predicted octanol–water partition coefficient (Wildman–Crippen LogP) is 1.63. The number of hydrogen-bond donors (Lipinski definition) is 1. The second-order valence-electron chi connectivity index (χ2n) is 4.76. The molecule has 0 saturated heterocycles. The fourth-order valence-corrected chi connectivity index (χ4v) is 2.77. The second kappa shape index (κ2) is 3.81. The molecule has 0 unspecified atom stereocenters. The minimum Gasteiger partial charge on any atom is -0.366 e. The number of primary amides is 1. The zero-order valence-corrected chi connectivity index (χ0v) is 10.6. The summed E-state index contributed by atoms with van der Waals surface area (Å²) < 4.78 is 1.88. The van der Waals surface area contributed by atoms with Gasteiger partial charge in [0.15, 0.2) is 0 Å². The van der Waals surface area contributed by atoms with E-state index < -0.39 is 5.91 Å². The van der Waals surface area contributed by atoms with E-state index in [0.29, 0.717) is 0 Å². The van der Waals surface area contributed by atoms with Crippen LogP contribution in [0.2, 0.25) is 0 Å². The van der Waals surface area contributed by atoms with E-state index in [9.17, 15) is 4.79 Å². The molecule has 0 bridgehead atoms. The zero-order valence-electron chi connectivity index (χ0n) is 10.6. The molecule has 0 radical (unpaired) electrons. The standard InChI is InChI=1S/C16H11N3O/c17-15(20)9-12-10-5-2-4-8-14(10)19-16(12)11-6-1-3-7-13(11)18-19/h1-9H,(H2,17,20)/b12-9-. The molecule has 4 nitrogen and oxygen atoms in total. The summed E-state index contributed by atoms with van der Waals surface area (Å²) in [6, 6.07) is 15.8. The van der Waals surface area contributed by atoms with Gasteiger partial charge in [-0.15, -0.1) is 0 Å². The molecule has 20 heavy (non-hydrogen) atoms. The van der Waals surface area contributed by atoms with Gasteiger partial charge in [0.05, 0.1) is 16.6 Å². The van der Waals surface area contributed by atoms with Crippen LogP contribution < -0.4 is 11.0 Å². The molecule has 96 valence electrons. The third kappa shape index (κ3) is 1.36. The lowest BCUT2D eigenvalue weighted by molar-refractivity contribution is -0.112. The Morgan fingerprint density at radius 3 is 2.55 bits per heavy atom. The Labute approximate surface area is 114 Å². The van der Waals surface area contributed by atoms with Gasteiger partial charge in [-0.2, -0.15) is 5.10 Å². The molecular weight excluding hydrogens is 250 g/mol. The Balaban J connectivity index is 2.39. The summed E-state index contributed by atoms with van der Waals surface area (Å²) in [5.74, 6) is -0.450. The Kier molecular flexibility index (Phi) is 2.09. The van der Waals surface area contributed by atoms with Crippen LogP contribution in [0.4, 0.5) is 0 Å². The highest BCUT2D eigenvalue weighted by atomic mass is 16.1. The first-order valence-corrected chi connectivity index (χ1v) is 6.35. The predicted molar refractivity (Wildman–Crippen MR) is 79.1 cm³/mol. The number of amides is 1. The molecule has 0 fully saturated rings. The monoisotopic (exact) mass is 261 g/mol. The number of carbonyl (C=O) groups is 1. The van der Waals surface area contributed by atoms with Crippen molar-refractivity contribution in [3.05, 3.63) is 53.7 Å². The lowest BCUT2D eigenvalue weighted by atomic mass is 10.1. The zero-order chi connectivity index (χ0) is 13.7. The largest absolute Gasteiger partial charge is 0.366 e. The Bertz CT molecular complexity index is 1020. The fourth-order valence-electron chi connectivity index (χ4n) is 2.77. The van der Waals surface area contributed by atoms with Gasteiger partial charge in [-0.3, -0.25) is 4.79 Å². The molecule has 0 spiro atoms. The van der Waals surface area contributed by atoms with Crippen LogP contribution in [0.3, 0.4) is 0 Å². The Morgan fingerprint density at radius 1 is 1.05 bits per heavy atom. The Morgan fingerprint density at radius 2 is 1.75 bits per heavy atom. The van der Waals surface area contributed by atoms with Gasteiger partial charge in [-0.25, -0.2) is 4.52 Å². The van der Waals surface area contributed by atoms with Crippen molar-refractivity contribution in [2.24, 2.45) is 5.73 Å². The van der Waals surface area contributed by atoms with E-state index in [1.165, 1.54) is 6.08 Å². The van der Waals surface area contributed by atoms with Gasteiger partial charge in [-0.05, 0) is 12.1 Å². The highest BCUT2D eigenvalue weighted by Crippen LogP contribution is 2.22. The van der Waals surface area contributed by atoms with Crippen LogP contribution in [0, 0.1) is 0 Å². The van der Waals surface area contributed by atoms with Gasteiger partial charge in [-0.1, -0.05) is 36.4 Å². The summed E-state index contributed by atoms with van der Waals surface area (Å²) in [5, 5.41) is 7.46. The smallest absolute Gasteiger partial charge is 0.242 e. The highest BCUT2D eigenvalue weighted by molar-refractivity contribution is 6.10. The summed E-state index contributed by atoms with van der Waals surface area (Å²) in [4.78, 5) is 11.3. The quantitative estimate of drug-likeness (QED) is 0.566. The van der Waals surface area contributed by atoms with E-state index in [1.54, 1.807) is 0 Å². The molecule has 2 heterocycles. The van der Waals surface area contributed by atoms with E-state index in [1.807, 2.05) is 53.0 Å². The van der Waals surface area contributed by atoms with Crippen LogP contribution in [0.15, 0.2) is 48.5 Å². The van der Waals surface area contributed by atoms with Crippen molar-refractivity contribution in [1.29, 1.82) is 0 Å². The molecule has 0 aliphatic rings. The van der Waals surface area contributed by atoms with Gasteiger partial charge in [0.1, 0.15) is 0 Å². The molecule has 4 aromatic rings. The van der Waals surface area contributed by atoms with E-state index in [2.05, 4.69) is 5.10 Å². The number of nitrogens with zero attached hydrogens (tertiary/aromatic N) is 2. The maximum Gasteiger partial charge on any atom is 0.242 e. The lowest BCUT2D eigenvalue weighted by Gasteiger charge is -1.90. The van der Waals surface area contributed by atoms with Crippen LogP contribution in [0.1, 0.15) is 0 Å². The van der Waals surface area contributed by atoms with Crippen LogP contribution in [-0.4, -0.2) is 15.5 Å². The fraction of sp³-hybridized carbons (Fsp3) is 0. The van der Waals surface area contributed by atoms with Crippen LogP contribution >= 0.6 is 0 Å². The average molecular weight is 261 g/mol. The number of para-hydroxylation sites is 1. The number of benzene rings is 2. The first-order valence-electron chi connectivity index (χ1n) is 6.35. The topological polar surface area (TPSA) is 60.4 Å². The van der Waals surface area contributed by atoms with Crippen LogP contribution in [0.25, 0.3) is 33.4 Å². The summed E-state index contributed by atoms with van der Waals surface area (Å²) in [6.07, 6.45) is 1.48. The molecule has 2 aromatic heterocycles. The third-order valence-corrected chi connectivity index (χ3v) is 3.54. The number of rotatable bonds is 1. The number of hydrogen-bond acceptors (Lipinski definition) is 2. The number of aromatic nitrogens is 2. The van der Waals surface area contributed by atoms with Crippen molar-refractivity contribution in [2.45, 2.75) is 0 Å². The van der Waals surface area contributed by atoms with Crippen molar-refractivity contribution in [3.8, 4) is 0 Å². The molecule has 0 atom stereocenters. The minimum atomic E-state index is -0.450. The number of fused-ring (bicyclic) bond motifs is 5. The summed E-state index contributed by atoms with van der Waals surface area (Å²) >= 11 is 0. The molecule has 4 heteroatoms. The number of carbonyl (C=O) groups excluding carboxylic acids is 1. The molecule has 1 amide bonds. The molecule has 2 aromatic carbocycles. The first kappa shape index (κ1) is 11.0. The first-order chi connectivity index (χ1) is 9.75.